The van der Waals surface area contributed by atoms with Crippen molar-refractivity contribution in [2.75, 3.05) is 7.11 Å². The highest BCUT2D eigenvalue weighted by atomic mass is 19.1. The number of H-pyrrole nitrogens is 1. The molecule has 0 saturated carbocycles. The second-order valence-corrected chi connectivity index (χ2v) is 2.97. The van der Waals surface area contributed by atoms with E-state index in [1.54, 1.807) is 0 Å². The predicted octanol–water partition coefficient (Wildman–Crippen LogP) is 0.980. The first-order valence-electron chi connectivity index (χ1n) is 4.45. The van der Waals surface area contributed by atoms with Crippen molar-refractivity contribution in [3.05, 3.63) is 41.0 Å². The number of rotatable bonds is 2. The lowest BCUT2D eigenvalue weighted by molar-refractivity contribution is 0.407. The highest BCUT2D eigenvalue weighted by Crippen LogP contribution is 2.25. The van der Waals surface area contributed by atoms with Gasteiger partial charge in [0.25, 0.3) is 5.56 Å². The molecule has 82 valence electrons. The third-order valence-electron chi connectivity index (χ3n) is 2.04. The molecule has 0 amide bonds. The Balaban J connectivity index is 2.70. The maximum Gasteiger partial charge on any atom is 0.293 e. The summed E-state index contributed by atoms with van der Waals surface area (Å²) in [5.74, 6) is -0.577. The number of methoxy groups -OCH3 is 1. The van der Waals surface area contributed by atoms with Gasteiger partial charge in [-0.1, -0.05) is 0 Å². The number of halogens is 1. The van der Waals surface area contributed by atoms with E-state index in [9.17, 15) is 9.18 Å². The molecule has 0 atom stereocenters. The summed E-state index contributed by atoms with van der Waals surface area (Å²) >= 11 is 0. The van der Waals surface area contributed by atoms with Crippen LogP contribution in [0.5, 0.6) is 5.75 Å². The van der Waals surface area contributed by atoms with Crippen molar-refractivity contribution in [1.82, 2.24) is 15.0 Å². The number of hydrogen-bond donors (Lipinski definition) is 1. The number of ether oxygens (including phenoxy) is 1. The Kier molecular flexibility index (Phi) is 2.63. The van der Waals surface area contributed by atoms with E-state index in [0.717, 1.165) is 6.20 Å². The monoisotopic (exact) mass is 221 g/mol. The van der Waals surface area contributed by atoms with Crippen LogP contribution in [-0.2, 0) is 0 Å². The fourth-order valence-corrected chi connectivity index (χ4v) is 1.34. The highest BCUT2D eigenvalue weighted by Gasteiger charge is 2.14. The number of aromatic nitrogens is 3. The van der Waals surface area contributed by atoms with Crippen molar-refractivity contribution in [3.8, 4) is 17.0 Å². The summed E-state index contributed by atoms with van der Waals surface area (Å²) in [4.78, 5) is 21.3. The smallest absolute Gasteiger partial charge is 0.293 e. The van der Waals surface area contributed by atoms with Gasteiger partial charge in [-0.3, -0.25) is 9.78 Å². The molecule has 6 heteroatoms. The zero-order chi connectivity index (χ0) is 11.5. The van der Waals surface area contributed by atoms with Gasteiger partial charge in [-0.15, -0.1) is 0 Å². The lowest BCUT2D eigenvalue weighted by atomic mass is 10.1. The molecule has 0 bridgehead atoms. The number of nitrogens with one attached hydrogen (secondary N) is 1. The molecule has 0 unspecified atom stereocenters. The topological polar surface area (TPSA) is 67.9 Å². The minimum Gasteiger partial charge on any atom is -0.490 e. The van der Waals surface area contributed by atoms with Crippen LogP contribution in [0.1, 0.15) is 0 Å². The van der Waals surface area contributed by atoms with Crippen molar-refractivity contribution in [2.45, 2.75) is 0 Å². The van der Waals surface area contributed by atoms with E-state index in [2.05, 4.69) is 15.0 Å². The van der Waals surface area contributed by atoms with Gasteiger partial charge in [0.2, 0.25) is 5.75 Å². The maximum atomic E-state index is 13.5. The summed E-state index contributed by atoms with van der Waals surface area (Å²) in [5.41, 5.74) is -0.118. The molecular weight excluding hydrogens is 213 g/mol. The van der Waals surface area contributed by atoms with Crippen molar-refractivity contribution < 1.29 is 9.13 Å². The number of nitrogens with zero attached hydrogens (tertiary/aromatic N) is 2. The van der Waals surface area contributed by atoms with Crippen LogP contribution in [0.2, 0.25) is 0 Å². The summed E-state index contributed by atoms with van der Waals surface area (Å²) in [7, 11) is 1.33. The van der Waals surface area contributed by atoms with Crippen molar-refractivity contribution in [1.29, 1.82) is 0 Å². The number of pyridine rings is 1. The average Bonchev–Trinajstić information content (AvgIpc) is 2.29. The first-order chi connectivity index (χ1) is 7.74. The Morgan fingerprint density at radius 2 is 2.31 bits per heavy atom. The van der Waals surface area contributed by atoms with Gasteiger partial charge < -0.3 is 9.72 Å². The third-order valence-corrected chi connectivity index (χ3v) is 2.04. The van der Waals surface area contributed by atoms with E-state index < -0.39 is 11.4 Å². The standard InChI is InChI=1S/C10H8FN3O2/c1-16-9-8(13-5-14-10(9)15)6-2-3-12-4-7(6)11/h2-5H,1H3,(H,13,14,15). The van der Waals surface area contributed by atoms with Gasteiger partial charge in [-0.05, 0) is 6.07 Å². The lowest BCUT2D eigenvalue weighted by Gasteiger charge is -2.06. The van der Waals surface area contributed by atoms with E-state index in [4.69, 9.17) is 4.74 Å². The van der Waals surface area contributed by atoms with Crippen LogP contribution in [0.15, 0.2) is 29.6 Å². The molecule has 2 aromatic rings. The fourth-order valence-electron chi connectivity index (χ4n) is 1.34. The molecule has 0 spiro atoms. The molecule has 2 rings (SSSR count). The molecule has 5 nitrogen and oxygen atoms in total. The summed E-state index contributed by atoms with van der Waals surface area (Å²) in [6.07, 6.45) is 3.67. The molecule has 0 aliphatic rings. The normalized spacial score (nSPS) is 10.1. The summed E-state index contributed by atoms with van der Waals surface area (Å²) in [6.45, 7) is 0. The first kappa shape index (κ1) is 10.3. The molecule has 0 aliphatic heterocycles. The minimum absolute atomic E-state index is 0.0207. The van der Waals surface area contributed by atoms with Crippen LogP contribution >= 0.6 is 0 Å². The molecule has 0 aromatic carbocycles. The van der Waals surface area contributed by atoms with E-state index in [1.807, 2.05) is 0 Å². The number of hydrogen-bond acceptors (Lipinski definition) is 4. The Labute approximate surface area is 90.0 Å². The highest BCUT2D eigenvalue weighted by molar-refractivity contribution is 5.65. The van der Waals surface area contributed by atoms with Crippen LogP contribution in [0, 0.1) is 5.82 Å². The van der Waals surface area contributed by atoms with E-state index in [0.29, 0.717) is 0 Å². The third kappa shape index (κ3) is 1.65. The first-order valence-corrected chi connectivity index (χ1v) is 4.45. The van der Waals surface area contributed by atoms with E-state index >= 15 is 0 Å². The molecular formula is C10H8FN3O2. The van der Waals surface area contributed by atoms with E-state index in [-0.39, 0.29) is 17.0 Å². The van der Waals surface area contributed by atoms with E-state index in [1.165, 1.54) is 25.7 Å². The molecule has 2 heterocycles. The van der Waals surface area contributed by atoms with Gasteiger partial charge in [-0.25, -0.2) is 9.37 Å². The Hall–Kier alpha value is -2.24. The minimum atomic E-state index is -0.557. The van der Waals surface area contributed by atoms with Gasteiger partial charge in [0.1, 0.15) is 5.69 Å². The Morgan fingerprint density at radius 1 is 1.50 bits per heavy atom. The zero-order valence-corrected chi connectivity index (χ0v) is 8.40. The summed E-state index contributed by atoms with van der Waals surface area (Å²) in [5, 5.41) is 0. The number of aromatic amines is 1. The maximum absolute atomic E-state index is 13.5. The summed E-state index contributed by atoms with van der Waals surface area (Å²) in [6, 6.07) is 1.43. The second kappa shape index (κ2) is 4.09. The van der Waals surface area contributed by atoms with Crippen LogP contribution in [-0.4, -0.2) is 22.1 Å². The quantitative estimate of drug-likeness (QED) is 0.820. The molecule has 0 saturated heterocycles. The van der Waals surface area contributed by atoms with Crippen LogP contribution < -0.4 is 10.3 Å². The average molecular weight is 221 g/mol. The molecule has 16 heavy (non-hydrogen) atoms. The molecule has 0 aliphatic carbocycles. The second-order valence-electron chi connectivity index (χ2n) is 2.97. The van der Waals surface area contributed by atoms with Gasteiger partial charge in [0.15, 0.2) is 5.82 Å². The van der Waals surface area contributed by atoms with Gasteiger partial charge >= 0.3 is 0 Å². The Morgan fingerprint density at radius 3 is 3.00 bits per heavy atom. The largest absolute Gasteiger partial charge is 0.490 e. The lowest BCUT2D eigenvalue weighted by Crippen LogP contribution is -2.11. The van der Waals surface area contributed by atoms with Gasteiger partial charge in [-0.2, -0.15) is 0 Å². The predicted molar refractivity (Wildman–Crippen MR) is 54.6 cm³/mol. The van der Waals surface area contributed by atoms with Crippen LogP contribution in [0.4, 0.5) is 4.39 Å². The van der Waals surface area contributed by atoms with Gasteiger partial charge in [0, 0.05) is 11.8 Å². The van der Waals surface area contributed by atoms with Crippen molar-refractivity contribution >= 4 is 0 Å². The molecule has 0 radical (unpaired) electrons. The van der Waals surface area contributed by atoms with Crippen LogP contribution in [0.3, 0.4) is 0 Å². The van der Waals surface area contributed by atoms with Crippen molar-refractivity contribution in [2.24, 2.45) is 0 Å². The molecule has 1 N–H and O–H groups in total. The zero-order valence-electron chi connectivity index (χ0n) is 8.40. The fraction of sp³-hybridized carbons (Fsp3) is 0.100. The van der Waals surface area contributed by atoms with Gasteiger partial charge in [0.05, 0.1) is 19.6 Å². The SMILES string of the molecule is COc1c(-c2ccncc2F)nc[nH]c1=O. The van der Waals surface area contributed by atoms with Crippen LogP contribution in [0.25, 0.3) is 11.3 Å². The summed E-state index contributed by atoms with van der Waals surface area (Å²) < 4.78 is 18.3. The van der Waals surface area contributed by atoms with Crippen molar-refractivity contribution in [3.63, 3.8) is 0 Å². The molecule has 0 fully saturated rings. The molecule has 2 aromatic heterocycles. The Bertz CT molecular complexity index is 568.